The van der Waals surface area contributed by atoms with E-state index < -0.39 is 0 Å². The highest BCUT2D eigenvalue weighted by Crippen LogP contribution is 2.22. The Hall–Kier alpha value is -1.13. The maximum Gasteiger partial charge on any atom is 0.232 e. The van der Waals surface area contributed by atoms with E-state index in [4.69, 9.17) is 16.3 Å². The van der Waals surface area contributed by atoms with E-state index in [2.05, 4.69) is 9.97 Å². The Morgan fingerprint density at radius 1 is 1.36 bits per heavy atom. The topological polar surface area (TPSA) is 35.0 Å². The molecule has 0 aliphatic heterocycles. The first-order valence-electron chi connectivity index (χ1n) is 3.97. The Morgan fingerprint density at radius 3 is 2.93 bits per heavy atom. The molecule has 5 heteroatoms. The molecule has 3 nitrogen and oxygen atoms in total. The fourth-order valence-corrected chi connectivity index (χ4v) is 1.94. The van der Waals surface area contributed by atoms with Crippen LogP contribution in [0.1, 0.15) is 4.88 Å². The van der Waals surface area contributed by atoms with Crippen molar-refractivity contribution in [1.29, 1.82) is 0 Å². The Morgan fingerprint density at radius 2 is 2.29 bits per heavy atom. The largest absolute Gasteiger partial charge is 0.471 e. The van der Waals surface area contributed by atoms with Gasteiger partial charge in [0.05, 0.1) is 10.5 Å². The molecule has 0 amide bonds. The standard InChI is InChI=1S/C9H7ClN2OS/c10-8-2-1-7(14-8)6-13-9-5-11-3-4-12-9/h1-5H,6H2. The lowest BCUT2D eigenvalue weighted by atomic mass is 10.5. The van der Waals surface area contributed by atoms with Gasteiger partial charge in [-0.3, -0.25) is 4.98 Å². The van der Waals surface area contributed by atoms with Crippen LogP contribution in [0.25, 0.3) is 0 Å². The maximum atomic E-state index is 5.78. The van der Waals surface area contributed by atoms with E-state index in [1.165, 1.54) is 11.3 Å². The molecule has 0 fully saturated rings. The van der Waals surface area contributed by atoms with Crippen molar-refractivity contribution in [3.05, 3.63) is 39.9 Å². The lowest BCUT2D eigenvalue weighted by Gasteiger charge is -2.00. The molecule has 0 saturated carbocycles. The van der Waals surface area contributed by atoms with E-state index in [1.807, 2.05) is 12.1 Å². The highest BCUT2D eigenvalue weighted by molar-refractivity contribution is 7.16. The highest BCUT2D eigenvalue weighted by Gasteiger charge is 1.99. The number of hydrogen-bond donors (Lipinski definition) is 0. The van der Waals surface area contributed by atoms with Gasteiger partial charge in [-0.05, 0) is 12.1 Å². The second kappa shape index (κ2) is 4.39. The predicted octanol–water partition coefficient (Wildman–Crippen LogP) is 2.77. The summed E-state index contributed by atoms with van der Waals surface area (Å²) in [5, 5.41) is 0. The summed E-state index contributed by atoms with van der Waals surface area (Å²) < 4.78 is 6.15. The van der Waals surface area contributed by atoms with Crippen molar-refractivity contribution in [3.8, 4) is 5.88 Å². The van der Waals surface area contributed by atoms with Crippen LogP contribution in [0.4, 0.5) is 0 Å². The van der Waals surface area contributed by atoms with Gasteiger partial charge in [0.2, 0.25) is 5.88 Å². The summed E-state index contributed by atoms with van der Waals surface area (Å²) in [6.07, 6.45) is 4.78. The van der Waals surface area contributed by atoms with Crippen molar-refractivity contribution >= 4 is 22.9 Å². The number of ether oxygens (including phenoxy) is 1. The summed E-state index contributed by atoms with van der Waals surface area (Å²) >= 11 is 7.28. The monoisotopic (exact) mass is 226 g/mol. The van der Waals surface area contributed by atoms with Gasteiger partial charge in [0, 0.05) is 17.3 Å². The Bertz CT molecular complexity index is 404. The number of thiophene rings is 1. The molecule has 0 bridgehead atoms. The minimum atomic E-state index is 0.482. The van der Waals surface area contributed by atoms with Gasteiger partial charge < -0.3 is 4.74 Å². The van der Waals surface area contributed by atoms with E-state index in [0.29, 0.717) is 12.5 Å². The number of rotatable bonds is 3. The molecule has 0 aliphatic carbocycles. The van der Waals surface area contributed by atoms with Crippen LogP contribution in [0.3, 0.4) is 0 Å². The van der Waals surface area contributed by atoms with Gasteiger partial charge in [-0.25, -0.2) is 4.98 Å². The lowest BCUT2D eigenvalue weighted by molar-refractivity contribution is 0.296. The second-order valence-corrected chi connectivity index (χ2v) is 4.34. The fraction of sp³-hybridized carbons (Fsp3) is 0.111. The SMILES string of the molecule is Clc1ccc(COc2cnccn2)s1. The van der Waals surface area contributed by atoms with E-state index in [9.17, 15) is 0 Å². The van der Waals surface area contributed by atoms with E-state index >= 15 is 0 Å². The van der Waals surface area contributed by atoms with Crippen LogP contribution >= 0.6 is 22.9 Å². The molecule has 2 rings (SSSR count). The van der Waals surface area contributed by atoms with Gasteiger partial charge >= 0.3 is 0 Å². The van der Waals surface area contributed by atoms with Crippen LogP contribution in [0, 0.1) is 0 Å². The Kier molecular flexibility index (Phi) is 2.96. The number of halogens is 1. The van der Waals surface area contributed by atoms with Gasteiger partial charge in [-0.1, -0.05) is 11.6 Å². The molecule has 0 N–H and O–H groups in total. The van der Waals surface area contributed by atoms with Crippen LogP contribution in [0.15, 0.2) is 30.7 Å². The van der Waals surface area contributed by atoms with E-state index in [0.717, 1.165) is 9.21 Å². The predicted molar refractivity (Wildman–Crippen MR) is 55.7 cm³/mol. The third-order valence-electron chi connectivity index (χ3n) is 1.53. The molecule has 0 aromatic carbocycles. The first kappa shape index (κ1) is 9.43. The van der Waals surface area contributed by atoms with Gasteiger partial charge in [-0.15, -0.1) is 11.3 Å². The van der Waals surface area contributed by atoms with Crippen molar-refractivity contribution in [2.24, 2.45) is 0 Å². The molecular weight excluding hydrogens is 220 g/mol. The number of aromatic nitrogens is 2. The molecule has 0 spiro atoms. The summed E-state index contributed by atoms with van der Waals surface area (Å²) in [6.45, 7) is 0.482. The van der Waals surface area contributed by atoms with Crippen molar-refractivity contribution < 1.29 is 4.74 Å². The fourth-order valence-electron chi connectivity index (χ4n) is 0.934. The average molecular weight is 227 g/mol. The molecule has 2 aromatic heterocycles. The van der Waals surface area contributed by atoms with Crippen LogP contribution in [-0.4, -0.2) is 9.97 Å². The summed E-state index contributed by atoms with van der Waals surface area (Å²) in [5.74, 6) is 0.525. The molecule has 2 aromatic rings. The third-order valence-corrected chi connectivity index (χ3v) is 2.74. The van der Waals surface area contributed by atoms with Crippen molar-refractivity contribution in [2.45, 2.75) is 6.61 Å². The third kappa shape index (κ3) is 2.43. The molecular formula is C9H7ClN2OS. The molecule has 0 unspecified atom stereocenters. The Labute approximate surface area is 90.3 Å². The Balaban J connectivity index is 1.95. The van der Waals surface area contributed by atoms with Crippen LogP contribution in [0.2, 0.25) is 4.34 Å². The van der Waals surface area contributed by atoms with Gasteiger partial charge in [0.25, 0.3) is 0 Å². The van der Waals surface area contributed by atoms with Gasteiger partial charge in [0.15, 0.2) is 0 Å². The molecule has 0 aliphatic rings. The van der Waals surface area contributed by atoms with E-state index in [1.54, 1.807) is 18.6 Å². The minimum Gasteiger partial charge on any atom is -0.471 e. The zero-order valence-corrected chi connectivity index (χ0v) is 8.76. The van der Waals surface area contributed by atoms with Gasteiger partial charge in [0.1, 0.15) is 6.61 Å². The van der Waals surface area contributed by atoms with Crippen LogP contribution in [0.5, 0.6) is 5.88 Å². The van der Waals surface area contributed by atoms with Crippen LogP contribution in [-0.2, 0) is 6.61 Å². The normalized spacial score (nSPS) is 10.1. The first-order chi connectivity index (χ1) is 6.84. The highest BCUT2D eigenvalue weighted by atomic mass is 35.5. The molecule has 0 atom stereocenters. The molecule has 0 radical (unpaired) electrons. The van der Waals surface area contributed by atoms with Gasteiger partial charge in [-0.2, -0.15) is 0 Å². The number of hydrogen-bond acceptors (Lipinski definition) is 4. The average Bonchev–Trinajstić information content (AvgIpc) is 2.63. The summed E-state index contributed by atoms with van der Waals surface area (Å²) in [6, 6.07) is 3.78. The van der Waals surface area contributed by atoms with Crippen LogP contribution < -0.4 is 4.74 Å². The zero-order valence-electron chi connectivity index (χ0n) is 7.18. The van der Waals surface area contributed by atoms with E-state index in [-0.39, 0.29) is 0 Å². The number of nitrogens with zero attached hydrogens (tertiary/aromatic N) is 2. The van der Waals surface area contributed by atoms with Crippen molar-refractivity contribution in [3.63, 3.8) is 0 Å². The quantitative estimate of drug-likeness (QED) is 0.807. The minimum absolute atomic E-state index is 0.482. The molecule has 0 saturated heterocycles. The summed E-state index contributed by atoms with van der Waals surface area (Å²) in [5.41, 5.74) is 0. The first-order valence-corrected chi connectivity index (χ1v) is 5.17. The zero-order chi connectivity index (χ0) is 9.80. The maximum absolute atomic E-state index is 5.78. The van der Waals surface area contributed by atoms with Crippen molar-refractivity contribution in [2.75, 3.05) is 0 Å². The molecule has 14 heavy (non-hydrogen) atoms. The molecule has 2 heterocycles. The lowest BCUT2D eigenvalue weighted by Crippen LogP contribution is -1.94. The molecule has 72 valence electrons. The summed E-state index contributed by atoms with van der Waals surface area (Å²) in [7, 11) is 0. The van der Waals surface area contributed by atoms with Crippen molar-refractivity contribution in [1.82, 2.24) is 9.97 Å². The second-order valence-electron chi connectivity index (χ2n) is 2.54. The summed E-state index contributed by atoms with van der Waals surface area (Å²) in [4.78, 5) is 8.95. The smallest absolute Gasteiger partial charge is 0.232 e.